The Morgan fingerprint density at radius 2 is 0.727 bits per heavy atom. The van der Waals surface area contributed by atoms with Gasteiger partial charge in [-0.3, -0.25) is 0 Å². The molecule has 0 aliphatic heterocycles. The Bertz CT molecular complexity index is 654. The molecule has 0 amide bonds. The lowest BCUT2D eigenvalue weighted by Crippen LogP contribution is -2.74. The van der Waals surface area contributed by atoms with Crippen LogP contribution in [-0.4, -0.2) is 70.1 Å². The molecule has 0 rings (SSSR count). The molecule has 0 aromatic carbocycles. The fourth-order valence-corrected chi connectivity index (χ4v) is 3.82. The molecule has 0 aromatic heterocycles. The Hall–Kier alpha value is -1.05. The molecule has 0 N–H and O–H groups in total. The van der Waals surface area contributed by atoms with E-state index < -0.39 is 76.2 Å². The SMILES string of the molecule is CCO[SiH](CC(F)(F)C(F)(F)C(F)(F)C(F)(F)C(F)(F)C(F)(F)C(F)(F)C(F)(F)F)OCC. The van der Waals surface area contributed by atoms with Gasteiger partial charge in [-0.15, -0.1) is 0 Å². The van der Waals surface area contributed by atoms with Gasteiger partial charge >= 0.3 is 56.9 Å². The van der Waals surface area contributed by atoms with E-state index in [0.29, 0.717) is 0 Å². The van der Waals surface area contributed by atoms with Gasteiger partial charge in [-0.1, -0.05) is 0 Å². The van der Waals surface area contributed by atoms with Crippen molar-refractivity contribution in [3.05, 3.63) is 0 Å². The van der Waals surface area contributed by atoms with E-state index in [-0.39, 0.29) is 0 Å². The summed E-state index contributed by atoms with van der Waals surface area (Å²) in [5.41, 5.74) is 0. The summed E-state index contributed by atoms with van der Waals surface area (Å²) >= 11 is 0. The third-order valence-electron chi connectivity index (χ3n) is 3.92. The highest BCUT2D eigenvalue weighted by Gasteiger charge is 2.95. The zero-order chi connectivity index (χ0) is 27.1. The van der Waals surface area contributed by atoms with Gasteiger partial charge in [0.15, 0.2) is 0 Å². The van der Waals surface area contributed by atoms with Gasteiger partial charge in [0.1, 0.15) is 0 Å². The molecule has 0 radical (unpaired) electrons. The third-order valence-corrected chi connectivity index (χ3v) is 6.17. The zero-order valence-electron chi connectivity index (χ0n) is 15.9. The summed E-state index contributed by atoms with van der Waals surface area (Å²) in [6, 6.07) is -2.63. The molecule has 33 heavy (non-hydrogen) atoms. The van der Waals surface area contributed by atoms with E-state index in [4.69, 9.17) is 0 Å². The Labute approximate surface area is 174 Å². The highest BCUT2D eigenvalue weighted by atomic mass is 28.3. The molecular weight excluding hydrogens is 539 g/mol. The Morgan fingerprint density at radius 1 is 0.455 bits per heavy atom. The lowest BCUT2D eigenvalue weighted by Gasteiger charge is -2.43. The minimum atomic E-state index is -8.63. The van der Waals surface area contributed by atoms with Gasteiger partial charge in [-0.25, -0.2) is 0 Å². The molecule has 0 atom stereocenters. The predicted molar refractivity (Wildman–Crippen MR) is 75.9 cm³/mol. The first-order chi connectivity index (χ1) is 14.2. The molecule has 0 bridgehead atoms. The van der Waals surface area contributed by atoms with Crippen LogP contribution in [0.2, 0.25) is 6.04 Å². The van der Waals surface area contributed by atoms with E-state index >= 15 is 0 Å². The van der Waals surface area contributed by atoms with Crippen LogP contribution >= 0.6 is 0 Å². The first-order valence-corrected chi connectivity index (χ1v) is 9.95. The van der Waals surface area contributed by atoms with Crippen LogP contribution < -0.4 is 0 Å². The van der Waals surface area contributed by atoms with Crippen molar-refractivity contribution in [2.75, 3.05) is 13.2 Å². The van der Waals surface area contributed by atoms with Crippen molar-refractivity contribution in [3.63, 3.8) is 0 Å². The highest BCUT2D eigenvalue weighted by molar-refractivity contribution is 6.44. The summed E-state index contributed by atoms with van der Waals surface area (Å²) in [6.45, 7) is 0.923. The maximum Gasteiger partial charge on any atom is 0.460 e. The van der Waals surface area contributed by atoms with Crippen LogP contribution in [0.3, 0.4) is 0 Å². The minimum absolute atomic E-state index is 0.581. The molecule has 0 unspecified atom stereocenters. The number of hydrogen-bond donors (Lipinski definition) is 0. The molecule has 0 spiro atoms. The van der Waals surface area contributed by atoms with Crippen LogP contribution in [0.25, 0.3) is 0 Å². The van der Waals surface area contributed by atoms with Crippen molar-refractivity contribution in [1.29, 1.82) is 0 Å². The smallest absolute Gasteiger partial charge is 0.397 e. The largest absolute Gasteiger partial charge is 0.460 e. The fraction of sp³-hybridized carbons (Fsp3) is 1.00. The molecule has 0 aromatic rings. The van der Waals surface area contributed by atoms with Crippen molar-refractivity contribution in [1.82, 2.24) is 0 Å². The van der Waals surface area contributed by atoms with Crippen LogP contribution in [0.4, 0.5) is 74.6 Å². The van der Waals surface area contributed by atoms with E-state index in [2.05, 4.69) is 8.85 Å². The molecule has 2 nitrogen and oxygen atoms in total. The minimum Gasteiger partial charge on any atom is -0.397 e. The first kappa shape index (κ1) is 31.9. The number of halogens is 17. The van der Waals surface area contributed by atoms with Crippen molar-refractivity contribution in [3.8, 4) is 0 Å². The van der Waals surface area contributed by atoms with Crippen molar-refractivity contribution >= 4 is 9.28 Å². The van der Waals surface area contributed by atoms with Crippen LogP contribution in [0.15, 0.2) is 0 Å². The molecule has 200 valence electrons. The quantitative estimate of drug-likeness (QED) is 0.210. The molecule has 20 heteroatoms. The van der Waals surface area contributed by atoms with Gasteiger partial charge in [0.05, 0.1) is 6.04 Å². The molecule has 0 saturated heterocycles. The van der Waals surface area contributed by atoms with E-state index in [0.717, 1.165) is 13.8 Å². The summed E-state index contributed by atoms with van der Waals surface area (Å²) in [4.78, 5) is 0. The van der Waals surface area contributed by atoms with Crippen molar-refractivity contribution < 1.29 is 83.5 Å². The molecule has 0 aliphatic rings. The summed E-state index contributed by atoms with van der Waals surface area (Å²) in [6.07, 6.45) is -7.77. The van der Waals surface area contributed by atoms with E-state index in [9.17, 15) is 74.6 Å². The van der Waals surface area contributed by atoms with E-state index in [1.807, 2.05) is 0 Å². The van der Waals surface area contributed by atoms with Crippen LogP contribution in [-0.2, 0) is 8.85 Å². The van der Waals surface area contributed by atoms with Crippen LogP contribution in [0.5, 0.6) is 0 Å². The van der Waals surface area contributed by atoms with Crippen LogP contribution in [0.1, 0.15) is 13.8 Å². The lowest BCUT2D eigenvalue weighted by molar-refractivity contribution is -0.461. The summed E-state index contributed by atoms with van der Waals surface area (Å²) in [5.74, 6) is -56.3. The first-order valence-electron chi connectivity index (χ1n) is 8.19. The molecular formula is C13H13F17O2Si. The number of alkyl halides is 17. The molecule has 0 saturated carbocycles. The second kappa shape index (κ2) is 9.19. The molecule has 0 heterocycles. The highest BCUT2D eigenvalue weighted by Crippen LogP contribution is 2.64. The average molecular weight is 552 g/mol. The van der Waals surface area contributed by atoms with Gasteiger partial charge in [0.25, 0.3) is 0 Å². The topological polar surface area (TPSA) is 18.5 Å². The Balaban J connectivity index is 6.58. The van der Waals surface area contributed by atoms with Gasteiger partial charge < -0.3 is 8.85 Å². The van der Waals surface area contributed by atoms with E-state index in [1.165, 1.54) is 0 Å². The van der Waals surface area contributed by atoms with Gasteiger partial charge in [-0.2, -0.15) is 74.6 Å². The lowest BCUT2D eigenvalue weighted by atomic mass is 9.89. The number of rotatable bonds is 12. The van der Waals surface area contributed by atoms with Crippen molar-refractivity contribution in [2.45, 2.75) is 67.5 Å². The maximum atomic E-state index is 13.8. The third kappa shape index (κ3) is 4.87. The average Bonchev–Trinajstić information content (AvgIpc) is 2.59. The van der Waals surface area contributed by atoms with Gasteiger partial charge in [-0.05, 0) is 13.8 Å². The Kier molecular flexibility index (Phi) is 8.90. The normalized spacial score (nSPS) is 16.0. The second-order valence-corrected chi connectivity index (χ2v) is 8.13. The van der Waals surface area contributed by atoms with Gasteiger partial charge in [0, 0.05) is 13.2 Å². The molecule has 0 aliphatic carbocycles. The Morgan fingerprint density at radius 3 is 1.00 bits per heavy atom. The van der Waals surface area contributed by atoms with Gasteiger partial charge in [0.2, 0.25) is 0 Å². The standard InChI is InChI=1S/C13H13F17O2Si/c1-3-31-33(32-4-2)5-6(14,15)7(16,17)8(18,19)9(20,21)10(22,23)11(24,25)12(26,27)13(28,29)30/h33H,3-5H2,1-2H3. The number of hydrogen-bond acceptors (Lipinski definition) is 2. The molecule has 0 fully saturated rings. The maximum absolute atomic E-state index is 13.8. The summed E-state index contributed by atoms with van der Waals surface area (Å²) in [7, 11) is -4.12. The zero-order valence-corrected chi connectivity index (χ0v) is 17.1. The summed E-state index contributed by atoms with van der Waals surface area (Å²) in [5, 5.41) is 0. The summed E-state index contributed by atoms with van der Waals surface area (Å²) < 4.78 is 232. The van der Waals surface area contributed by atoms with Crippen molar-refractivity contribution in [2.24, 2.45) is 0 Å². The van der Waals surface area contributed by atoms with E-state index in [1.54, 1.807) is 0 Å². The predicted octanol–water partition coefficient (Wildman–Crippen LogP) is 6.29. The van der Waals surface area contributed by atoms with Crippen LogP contribution in [0, 0.1) is 0 Å². The monoisotopic (exact) mass is 552 g/mol. The second-order valence-electron chi connectivity index (χ2n) is 6.19. The fourth-order valence-electron chi connectivity index (χ4n) is 2.07.